The Balaban J connectivity index is 2.73. The van der Waals surface area contributed by atoms with Crippen LogP contribution in [0.4, 0.5) is 0 Å². The molecule has 0 spiro atoms. The van der Waals surface area contributed by atoms with E-state index < -0.39 is 0 Å². The lowest BCUT2D eigenvalue weighted by Crippen LogP contribution is -2.51. The number of nitrogens with one attached hydrogen (secondary N) is 2. The van der Waals surface area contributed by atoms with Gasteiger partial charge < -0.3 is 5.32 Å². The van der Waals surface area contributed by atoms with Gasteiger partial charge in [0.25, 0.3) is 0 Å². The quantitative estimate of drug-likeness (QED) is 0.678. The van der Waals surface area contributed by atoms with Crippen molar-refractivity contribution >= 4 is 17.3 Å². The summed E-state index contributed by atoms with van der Waals surface area (Å²) in [5.41, 5.74) is 3.42. The van der Waals surface area contributed by atoms with Gasteiger partial charge in [-0.15, -0.1) is 0 Å². The molecular formula is C9H19N3S. The Morgan fingerprint density at radius 2 is 1.92 bits per heavy atom. The van der Waals surface area contributed by atoms with Crippen LogP contribution < -0.4 is 10.7 Å². The van der Waals surface area contributed by atoms with E-state index in [1.54, 1.807) is 0 Å². The van der Waals surface area contributed by atoms with Crippen molar-refractivity contribution in [1.82, 2.24) is 15.8 Å². The molecule has 0 aromatic heterocycles. The Morgan fingerprint density at radius 3 is 2.15 bits per heavy atom. The summed E-state index contributed by atoms with van der Waals surface area (Å²) >= 11 is 5.25. The zero-order valence-electron chi connectivity index (χ0n) is 8.85. The molecule has 0 unspecified atom stereocenters. The van der Waals surface area contributed by atoms with Crippen LogP contribution in [0.3, 0.4) is 0 Å². The third-order valence-electron chi connectivity index (χ3n) is 2.62. The predicted octanol–water partition coefficient (Wildman–Crippen LogP) is 1.61. The number of hydrazine groups is 1. The fraction of sp³-hybridized carbons (Fsp3) is 0.889. The van der Waals surface area contributed by atoms with Crippen LogP contribution in [-0.2, 0) is 0 Å². The number of rotatable bonds is 3. The molecule has 0 aliphatic carbocycles. The summed E-state index contributed by atoms with van der Waals surface area (Å²) in [4.78, 5) is 0. The molecule has 1 aliphatic heterocycles. The van der Waals surface area contributed by atoms with E-state index in [0.717, 1.165) is 18.0 Å². The number of hydrogen-bond acceptors (Lipinski definition) is 2. The van der Waals surface area contributed by atoms with E-state index in [4.69, 9.17) is 12.2 Å². The van der Waals surface area contributed by atoms with E-state index in [1.165, 1.54) is 0 Å². The van der Waals surface area contributed by atoms with Crippen molar-refractivity contribution in [1.29, 1.82) is 0 Å². The lowest BCUT2D eigenvalue weighted by Gasteiger charge is -2.28. The first-order valence-corrected chi connectivity index (χ1v) is 5.34. The van der Waals surface area contributed by atoms with Gasteiger partial charge in [-0.25, -0.2) is 5.43 Å². The summed E-state index contributed by atoms with van der Waals surface area (Å²) < 4.78 is 0. The molecule has 4 heteroatoms. The standard InChI is InChI=1S/C9H19N3S/c1-5-9(6-2)10-8(13)12(11-9)7(3)4/h7,11H,5-6H2,1-4H3,(H,10,13). The number of thiocarbonyl (C=S) groups is 1. The fourth-order valence-corrected chi connectivity index (χ4v) is 1.97. The largest absolute Gasteiger partial charge is 0.342 e. The molecule has 76 valence electrons. The van der Waals surface area contributed by atoms with Gasteiger partial charge in [-0.2, -0.15) is 0 Å². The Kier molecular flexibility index (Phi) is 3.14. The molecule has 1 heterocycles. The first kappa shape index (κ1) is 10.7. The molecule has 0 radical (unpaired) electrons. The van der Waals surface area contributed by atoms with Gasteiger partial charge in [0, 0.05) is 6.04 Å². The zero-order chi connectivity index (χ0) is 10.1. The van der Waals surface area contributed by atoms with Crippen molar-refractivity contribution < 1.29 is 0 Å². The average molecular weight is 201 g/mol. The summed E-state index contributed by atoms with van der Waals surface area (Å²) in [6.45, 7) is 8.58. The molecule has 2 N–H and O–H groups in total. The van der Waals surface area contributed by atoms with Gasteiger partial charge in [0.05, 0.1) is 0 Å². The minimum absolute atomic E-state index is 0.0125. The van der Waals surface area contributed by atoms with Gasteiger partial charge in [-0.05, 0) is 38.9 Å². The molecule has 0 aromatic rings. The Morgan fingerprint density at radius 1 is 1.38 bits per heavy atom. The molecule has 3 nitrogen and oxygen atoms in total. The van der Waals surface area contributed by atoms with Crippen LogP contribution in [0.5, 0.6) is 0 Å². The summed E-state index contributed by atoms with van der Waals surface area (Å²) in [6, 6.07) is 0.403. The van der Waals surface area contributed by atoms with Crippen LogP contribution in [0.1, 0.15) is 40.5 Å². The molecule has 13 heavy (non-hydrogen) atoms. The van der Waals surface area contributed by atoms with E-state index in [2.05, 4.69) is 38.4 Å². The summed E-state index contributed by atoms with van der Waals surface area (Å²) in [5, 5.41) is 6.19. The van der Waals surface area contributed by atoms with Gasteiger partial charge in [0.2, 0.25) is 0 Å². The van der Waals surface area contributed by atoms with Crippen LogP contribution >= 0.6 is 12.2 Å². The van der Waals surface area contributed by atoms with E-state index >= 15 is 0 Å². The van der Waals surface area contributed by atoms with E-state index in [9.17, 15) is 0 Å². The molecule has 0 atom stereocenters. The average Bonchev–Trinajstić information content (AvgIpc) is 2.44. The Labute approximate surface area is 85.8 Å². The van der Waals surface area contributed by atoms with E-state index in [0.29, 0.717) is 6.04 Å². The van der Waals surface area contributed by atoms with E-state index in [-0.39, 0.29) is 5.66 Å². The van der Waals surface area contributed by atoms with Crippen molar-refractivity contribution in [2.45, 2.75) is 52.2 Å². The smallest absolute Gasteiger partial charge is 0.185 e. The minimum Gasteiger partial charge on any atom is -0.342 e. The molecule has 1 fully saturated rings. The van der Waals surface area contributed by atoms with Gasteiger partial charge in [-0.3, -0.25) is 5.01 Å². The molecule has 0 saturated carbocycles. The fourth-order valence-electron chi connectivity index (χ4n) is 1.52. The first-order chi connectivity index (χ1) is 6.04. The van der Waals surface area contributed by atoms with Crippen LogP contribution in [0, 0.1) is 0 Å². The van der Waals surface area contributed by atoms with Crippen molar-refractivity contribution in [3.05, 3.63) is 0 Å². The highest BCUT2D eigenvalue weighted by Gasteiger charge is 2.37. The first-order valence-electron chi connectivity index (χ1n) is 4.94. The van der Waals surface area contributed by atoms with Crippen LogP contribution in [0.25, 0.3) is 0 Å². The topological polar surface area (TPSA) is 27.3 Å². The normalized spacial score (nSPS) is 21.0. The van der Waals surface area contributed by atoms with Gasteiger partial charge >= 0.3 is 0 Å². The Hall–Kier alpha value is -0.350. The minimum atomic E-state index is -0.0125. The van der Waals surface area contributed by atoms with Crippen LogP contribution in [0.2, 0.25) is 0 Å². The predicted molar refractivity (Wildman–Crippen MR) is 59.2 cm³/mol. The third-order valence-corrected chi connectivity index (χ3v) is 2.92. The maximum absolute atomic E-state index is 5.25. The van der Waals surface area contributed by atoms with Crippen molar-refractivity contribution in [3.63, 3.8) is 0 Å². The second kappa shape index (κ2) is 3.80. The second-order valence-electron chi connectivity index (χ2n) is 3.79. The van der Waals surface area contributed by atoms with Gasteiger partial charge in [-0.1, -0.05) is 13.8 Å². The summed E-state index contributed by atoms with van der Waals surface area (Å²) in [5.74, 6) is 0. The van der Waals surface area contributed by atoms with Crippen LogP contribution in [-0.4, -0.2) is 21.8 Å². The van der Waals surface area contributed by atoms with Gasteiger partial charge in [0.15, 0.2) is 5.11 Å². The Bertz CT molecular complexity index is 199. The highest BCUT2D eigenvalue weighted by atomic mass is 32.1. The van der Waals surface area contributed by atoms with Crippen molar-refractivity contribution in [3.8, 4) is 0 Å². The number of hydrogen-bond donors (Lipinski definition) is 2. The summed E-state index contributed by atoms with van der Waals surface area (Å²) in [6.07, 6.45) is 2.07. The SMILES string of the molecule is CCC1(CC)NC(=S)N(C(C)C)N1. The zero-order valence-corrected chi connectivity index (χ0v) is 9.66. The summed E-state index contributed by atoms with van der Waals surface area (Å²) in [7, 11) is 0. The highest BCUT2D eigenvalue weighted by molar-refractivity contribution is 7.80. The molecule has 0 aromatic carbocycles. The molecule has 1 rings (SSSR count). The van der Waals surface area contributed by atoms with Crippen molar-refractivity contribution in [2.75, 3.05) is 0 Å². The number of nitrogens with zero attached hydrogens (tertiary/aromatic N) is 1. The monoisotopic (exact) mass is 201 g/mol. The highest BCUT2D eigenvalue weighted by Crippen LogP contribution is 2.19. The lowest BCUT2D eigenvalue weighted by atomic mass is 10.1. The van der Waals surface area contributed by atoms with E-state index in [1.807, 2.05) is 5.01 Å². The van der Waals surface area contributed by atoms with Crippen LogP contribution in [0.15, 0.2) is 0 Å². The maximum Gasteiger partial charge on any atom is 0.185 e. The lowest BCUT2D eigenvalue weighted by molar-refractivity contribution is 0.178. The molecule has 0 bridgehead atoms. The maximum atomic E-state index is 5.25. The molecule has 1 aliphatic rings. The molecule has 1 saturated heterocycles. The second-order valence-corrected chi connectivity index (χ2v) is 4.18. The van der Waals surface area contributed by atoms with Crippen molar-refractivity contribution in [2.24, 2.45) is 0 Å². The molecule has 0 amide bonds. The molecular weight excluding hydrogens is 182 g/mol. The van der Waals surface area contributed by atoms with Gasteiger partial charge in [0.1, 0.15) is 5.66 Å². The third kappa shape index (κ3) is 1.94.